The van der Waals surface area contributed by atoms with Crippen LogP contribution in [0.2, 0.25) is 0 Å². The van der Waals surface area contributed by atoms with Gasteiger partial charge in [-0.1, -0.05) is 18.2 Å². The summed E-state index contributed by atoms with van der Waals surface area (Å²) in [5, 5.41) is 10.9. The van der Waals surface area contributed by atoms with Gasteiger partial charge in [-0.15, -0.1) is 0 Å². The van der Waals surface area contributed by atoms with Gasteiger partial charge in [0.2, 0.25) is 0 Å². The van der Waals surface area contributed by atoms with Crippen molar-refractivity contribution < 1.29 is 9.52 Å². The van der Waals surface area contributed by atoms with Crippen LogP contribution in [0.5, 0.6) is 0 Å². The predicted molar refractivity (Wildman–Crippen MR) is 105 cm³/mol. The summed E-state index contributed by atoms with van der Waals surface area (Å²) in [7, 11) is 1.91. The first-order valence-corrected chi connectivity index (χ1v) is 9.38. The van der Waals surface area contributed by atoms with Gasteiger partial charge in [-0.05, 0) is 25.1 Å². The maximum atomic E-state index is 10.9. The molecule has 6 heteroatoms. The summed E-state index contributed by atoms with van der Waals surface area (Å²) in [6, 6.07) is 12.2. The third-order valence-corrected chi connectivity index (χ3v) is 5.22. The van der Waals surface area contributed by atoms with Crippen LogP contribution in [0.15, 0.2) is 53.2 Å². The van der Waals surface area contributed by atoms with Gasteiger partial charge in [0.15, 0.2) is 0 Å². The van der Waals surface area contributed by atoms with Gasteiger partial charge >= 0.3 is 0 Å². The van der Waals surface area contributed by atoms with E-state index in [1.54, 1.807) is 6.20 Å². The van der Waals surface area contributed by atoms with Crippen molar-refractivity contribution >= 4 is 5.69 Å². The first kappa shape index (κ1) is 17.8. The monoisotopic (exact) mass is 366 g/mol. The quantitative estimate of drug-likeness (QED) is 0.752. The van der Waals surface area contributed by atoms with Crippen LogP contribution < -0.4 is 4.90 Å². The summed E-state index contributed by atoms with van der Waals surface area (Å²) in [5.74, 6) is 2.64. The number of aryl methyl sites for hydroxylation is 2. The van der Waals surface area contributed by atoms with E-state index in [1.807, 2.05) is 49.0 Å². The maximum absolute atomic E-state index is 10.9. The number of para-hydroxylation sites is 1. The van der Waals surface area contributed by atoms with Crippen molar-refractivity contribution in [2.45, 2.75) is 19.6 Å². The number of imidazole rings is 1. The Morgan fingerprint density at radius 2 is 1.89 bits per heavy atom. The Bertz CT molecular complexity index is 893. The number of furan rings is 1. The fourth-order valence-electron chi connectivity index (χ4n) is 3.72. The Morgan fingerprint density at radius 3 is 2.56 bits per heavy atom. The smallest absolute Gasteiger partial charge is 0.142 e. The summed E-state index contributed by atoms with van der Waals surface area (Å²) in [4.78, 5) is 9.08. The molecule has 0 bridgehead atoms. The van der Waals surface area contributed by atoms with Gasteiger partial charge in [0.05, 0.1) is 6.54 Å². The highest BCUT2D eigenvalue weighted by molar-refractivity contribution is 5.56. The number of piperazine rings is 1. The Hall–Kier alpha value is -2.57. The zero-order valence-electron chi connectivity index (χ0n) is 15.9. The second kappa shape index (κ2) is 7.58. The van der Waals surface area contributed by atoms with Gasteiger partial charge < -0.3 is 19.0 Å². The highest BCUT2D eigenvalue weighted by atomic mass is 16.3. The van der Waals surface area contributed by atoms with Gasteiger partial charge in [0.25, 0.3) is 0 Å². The van der Waals surface area contributed by atoms with Crippen molar-refractivity contribution in [3.05, 3.63) is 71.7 Å². The standard InChI is InChI=1S/C21H26N4O2/c1-16-7-8-17(27-16)15-24-11-13-25(14-12-24)19-6-4-3-5-18(19)20(26)21-22-9-10-23(21)2/h3-10,20,26H,11-15H2,1-2H3/t20-/m0/s1. The lowest BCUT2D eigenvalue weighted by Gasteiger charge is -2.37. The van der Waals surface area contributed by atoms with Crippen LogP contribution >= 0.6 is 0 Å². The molecular formula is C21H26N4O2. The fraction of sp³-hybridized carbons (Fsp3) is 0.381. The van der Waals surface area contributed by atoms with E-state index in [1.165, 1.54) is 0 Å². The van der Waals surface area contributed by atoms with Crippen molar-refractivity contribution in [3.8, 4) is 0 Å². The van der Waals surface area contributed by atoms with E-state index in [4.69, 9.17) is 4.42 Å². The van der Waals surface area contributed by atoms with Crippen molar-refractivity contribution in [2.75, 3.05) is 31.1 Å². The molecule has 4 rings (SSSR count). The lowest BCUT2D eigenvalue weighted by Crippen LogP contribution is -2.46. The topological polar surface area (TPSA) is 57.7 Å². The zero-order valence-corrected chi connectivity index (χ0v) is 15.9. The lowest BCUT2D eigenvalue weighted by molar-refractivity contribution is 0.205. The first-order valence-electron chi connectivity index (χ1n) is 9.38. The molecule has 1 aliphatic heterocycles. The average Bonchev–Trinajstić information content (AvgIpc) is 3.30. The summed E-state index contributed by atoms with van der Waals surface area (Å²) >= 11 is 0. The van der Waals surface area contributed by atoms with E-state index in [0.29, 0.717) is 5.82 Å². The van der Waals surface area contributed by atoms with Gasteiger partial charge in [-0.2, -0.15) is 0 Å². The van der Waals surface area contributed by atoms with Crippen LogP contribution in [-0.4, -0.2) is 45.7 Å². The SMILES string of the molecule is Cc1ccc(CN2CCN(c3ccccc3[C@H](O)c3nccn3C)CC2)o1. The normalized spacial score (nSPS) is 16.6. The Morgan fingerprint density at radius 1 is 1.11 bits per heavy atom. The van der Waals surface area contributed by atoms with E-state index in [9.17, 15) is 5.11 Å². The van der Waals surface area contributed by atoms with E-state index in [2.05, 4.69) is 26.9 Å². The molecule has 1 aliphatic rings. The molecule has 0 aliphatic carbocycles. The minimum atomic E-state index is -0.731. The molecule has 0 amide bonds. The molecule has 1 aromatic carbocycles. The molecule has 0 spiro atoms. The van der Waals surface area contributed by atoms with Crippen LogP contribution in [0.4, 0.5) is 5.69 Å². The molecule has 2 aromatic heterocycles. The van der Waals surface area contributed by atoms with Crippen molar-refractivity contribution in [1.82, 2.24) is 14.5 Å². The van der Waals surface area contributed by atoms with Crippen molar-refractivity contribution in [1.29, 1.82) is 0 Å². The summed E-state index contributed by atoms with van der Waals surface area (Å²) in [5.41, 5.74) is 1.99. The van der Waals surface area contributed by atoms with E-state index in [-0.39, 0.29) is 0 Å². The minimum absolute atomic E-state index is 0.661. The summed E-state index contributed by atoms with van der Waals surface area (Å²) in [6.07, 6.45) is 2.84. The summed E-state index contributed by atoms with van der Waals surface area (Å²) < 4.78 is 7.57. The molecule has 6 nitrogen and oxygen atoms in total. The van der Waals surface area contributed by atoms with Crippen LogP contribution in [0.25, 0.3) is 0 Å². The highest BCUT2D eigenvalue weighted by Crippen LogP contribution is 2.30. The highest BCUT2D eigenvalue weighted by Gasteiger charge is 2.24. The number of benzene rings is 1. The number of aromatic nitrogens is 2. The zero-order chi connectivity index (χ0) is 18.8. The van der Waals surface area contributed by atoms with Gasteiger partial charge in [0, 0.05) is 56.9 Å². The van der Waals surface area contributed by atoms with E-state index in [0.717, 1.165) is 55.5 Å². The first-order chi connectivity index (χ1) is 13.1. The molecule has 0 unspecified atom stereocenters. The number of rotatable bonds is 5. The number of aliphatic hydroxyl groups excluding tert-OH is 1. The number of aliphatic hydroxyl groups is 1. The molecular weight excluding hydrogens is 340 g/mol. The van der Waals surface area contributed by atoms with Gasteiger partial charge in [0.1, 0.15) is 23.4 Å². The molecule has 0 saturated carbocycles. The maximum Gasteiger partial charge on any atom is 0.142 e. The lowest BCUT2D eigenvalue weighted by atomic mass is 10.0. The number of nitrogens with zero attached hydrogens (tertiary/aromatic N) is 4. The van der Waals surface area contributed by atoms with Crippen LogP contribution in [0.1, 0.15) is 29.0 Å². The van der Waals surface area contributed by atoms with Crippen LogP contribution in [0.3, 0.4) is 0 Å². The minimum Gasteiger partial charge on any atom is -0.465 e. The molecule has 1 saturated heterocycles. The van der Waals surface area contributed by atoms with Crippen molar-refractivity contribution in [3.63, 3.8) is 0 Å². The molecule has 0 radical (unpaired) electrons. The van der Waals surface area contributed by atoms with E-state index >= 15 is 0 Å². The summed E-state index contributed by atoms with van der Waals surface area (Å²) in [6.45, 7) is 6.59. The fourth-order valence-corrected chi connectivity index (χ4v) is 3.72. The van der Waals surface area contributed by atoms with Crippen LogP contribution in [0, 0.1) is 6.92 Å². The Kier molecular flexibility index (Phi) is 5.01. The van der Waals surface area contributed by atoms with Gasteiger partial charge in [-0.3, -0.25) is 4.90 Å². The predicted octanol–water partition coefficient (Wildman–Crippen LogP) is 2.73. The largest absolute Gasteiger partial charge is 0.465 e. The molecule has 1 atom stereocenters. The molecule has 1 fully saturated rings. The molecule has 3 heterocycles. The second-order valence-corrected chi connectivity index (χ2v) is 7.13. The van der Waals surface area contributed by atoms with E-state index < -0.39 is 6.10 Å². The third-order valence-electron chi connectivity index (χ3n) is 5.22. The van der Waals surface area contributed by atoms with Gasteiger partial charge in [-0.25, -0.2) is 4.98 Å². The Balaban J connectivity index is 1.46. The average molecular weight is 366 g/mol. The van der Waals surface area contributed by atoms with Crippen LogP contribution in [-0.2, 0) is 13.6 Å². The molecule has 27 heavy (non-hydrogen) atoms. The Labute approximate surface area is 159 Å². The number of anilines is 1. The number of hydrogen-bond acceptors (Lipinski definition) is 5. The van der Waals surface area contributed by atoms with Crippen molar-refractivity contribution in [2.24, 2.45) is 7.05 Å². The number of hydrogen-bond donors (Lipinski definition) is 1. The molecule has 1 N–H and O–H groups in total. The second-order valence-electron chi connectivity index (χ2n) is 7.13. The molecule has 3 aromatic rings. The molecule has 142 valence electrons. The third kappa shape index (κ3) is 3.77.